The minimum absolute atomic E-state index is 0.128. The summed E-state index contributed by atoms with van der Waals surface area (Å²) in [5.41, 5.74) is 2.47. The molecule has 0 bridgehead atoms. The SMILES string of the molecule is CCC[CH2][Sn]([CH2]CCC)([CH2]CCC)[c]1ccc(Sc2ccccc2CN(C)C)c(CO)c1. The van der Waals surface area contributed by atoms with Crippen LogP contribution in [0.2, 0.25) is 13.3 Å². The van der Waals surface area contributed by atoms with Crippen molar-refractivity contribution in [3.8, 4) is 0 Å². The van der Waals surface area contributed by atoms with Crippen molar-refractivity contribution in [2.75, 3.05) is 14.1 Å². The summed E-state index contributed by atoms with van der Waals surface area (Å²) in [7, 11) is 4.23. The van der Waals surface area contributed by atoms with Crippen molar-refractivity contribution in [2.24, 2.45) is 0 Å². The number of rotatable bonds is 15. The van der Waals surface area contributed by atoms with E-state index in [4.69, 9.17) is 0 Å². The van der Waals surface area contributed by atoms with Gasteiger partial charge in [-0.15, -0.1) is 0 Å². The average Bonchev–Trinajstić information content (AvgIpc) is 2.80. The molecular formula is C28H45NOSSn. The Hall–Kier alpha value is -0.491. The molecule has 32 heavy (non-hydrogen) atoms. The Bertz CT molecular complexity index is 786. The first kappa shape index (κ1) is 27.8. The number of unbranched alkanes of at least 4 members (excludes halogenated alkanes) is 3. The van der Waals surface area contributed by atoms with Crippen molar-refractivity contribution in [1.82, 2.24) is 4.90 Å². The maximum absolute atomic E-state index is 10.3. The Balaban J connectivity index is 2.41. The second-order valence-electron chi connectivity index (χ2n) is 9.52. The van der Waals surface area contributed by atoms with E-state index >= 15 is 0 Å². The van der Waals surface area contributed by atoms with Gasteiger partial charge >= 0.3 is 207 Å². The standard InChI is InChI=1S/C16H18NOS.3C4H9.Sn/c1-17(2)11-13-7-3-5-9-15(13)19-16-10-6-4-8-14(16)12-18;3*1-3-4-2;/h3,5-10,18H,11-12H2,1-2H3;3*1,3-4H2,2H3;. The van der Waals surface area contributed by atoms with Gasteiger partial charge in [-0.05, 0) is 0 Å². The van der Waals surface area contributed by atoms with E-state index in [9.17, 15) is 5.11 Å². The summed E-state index contributed by atoms with van der Waals surface area (Å²) in [5, 5.41) is 10.3. The number of aliphatic hydroxyl groups is 1. The normalized spacial score (nSPS) is 12.0. The zero-order chi connectivity index (χ0) is 23.4. The van der Waals surface area contributed by atoms with Crippen LogP contribution in [0, 0.1) is 0 Å². The van der Waals surface area contributed by atoms with Crippen LogP contribution >= 0.6 is 11.8 Å². The monoisotopic (exact) mass is 563 g/mol. The first-order valence-electron chi connectivity index (χ1n) is 12.6. The molecule has 0 atom stereocenters. The molecule has 2 nitrogen and oxygen atoms in total. The number of aliphatic hydroxyl groups excluding tert-OH is 1. The molecule has 0 fully saturated rings. The fraction of sp³-hybridized carbons (Fsp3) is 0.571. The van der Waals surface area contributed by atoms with Crippen LogP contribution in [-0.2, 0) is 13.2 Å². The van der Waals surface area contributed by atoms with Gasteiger partial charge in [0, 0.05) is 0 Å². The van der Waals surface area contributed by atoms with Crippen molar-refractivity contribution < 1.29 is 5.11 Å². The number of nitrogens with zero attached hydrogens (tertiary/aromatic N) is 1. The van der Waals surface area contributed by atoms with Gasteiger partial charge in [-0.1, -0.05) is 0 Å². The predicted octanol–water partition coefficient (Wildman–Crippen LogP) is 7.45. The molecule has 2 aromatic rings. The summed E-state index contributed by atoms with van der Waals surface area (Å²) < 4.78 is 6.06. The summed E-state index contributed by atoms with van der Waals surface area (Å²) in [5.74, 6) is 0. The van der Waals surface area contributed by atoms with Crippen molar-refractivity contribution in [3.05, 3.63) is 53.6 Å². The van der Waals surface area contributed by atoms with Crippen LogP contribution in [0.3, 0.4) is 0 Å². The van der Waals surface area contributed by atoms with Crippen LogP contribution < -0.4 is 3.58 Å². The van der Waals surface area contributed by atoms with Crippen LogP contribution in [0.25, 0.3) is 0 Å². The minimum atomic E-state index is -2.48. The molecule has 4 heteroatoms. The summed E-state index contributed by atoms with van der Waals surface area (Å²) in [6, 6.07) is 15.9. The van der Waals surface area contributed by atoms with Gasteiger partial charge in [0.15, 0.2) is 0 Å². The quantitative estimate of drug-likeness (QED) is 0.228. The Morgan fingerprint density at radius 2 is 1.34 bits per heavy atom. The number of benzene rings is 2. The van der Waals surface area contributed by atoms with Crippen molar-refractivity contribution in [1.29, 1.82) is 0 Å². The third-order valence-electron chi connectivity index (χ3n) is 6.55. The Labute approximate surface area is 206 Å². The fourth-order valence-electron chi connectivity index (χ4n) is 4.68. The van der Waals surface area contributed by atoms with Crippen molar-refractivity contribution in [2.45, 2.75) is 95.5 Å². The molecule has 0 heterocycles. The Morgan fingerprint density at radius 3 is 1.88 bits per heavy atom. The number of hydrogen-bond donors (Lipinski definition) is 1. The molecule has 0 aliphatic heterocycles. The van der Waals surface area contributed by atoms with E-state index in [0.29, 0.717) is 0 Å². The zero-order valence-electron chi connectivity index (χ0n) is 21.1. The van der Waals surface area contributed by atoms with E-state index in [1.54, 1.807) is 3.58 Å². The van der Waals surface area contributed by atoms with Gasteiger partial charge in [-0.3, -0.25) is 0 Å². The molecular weight excluding hydrogens is 517 g/mol. The van der Waals surface area contributed by atoms with E-state index in [2.05, 4.69) is 82.2 Å². The van der Waals surface area contributed by atoms with Gasteiger partial charge in [-0.2, -0.15) is 0 Å². The Kier molecular flexibility index (Phi) is 12.7. The van der Waals surface area contributed by atoms with Gasteiger partial charge < -0.3 is 0 Å². The van der Waals surface area contributed by atoms with E-state index in [1.807, 2.05) is 11.8 Å². The first-order chi connectivity index (χ1) is 15.5. The predicted molar refractivity (Wildman–Crippen MR) is 145 cm³/mol. The van der Waals surface area contributed by atoms with E-state index < -0.39 is 18.4 Å². The second kappa shape index (κ2) is 14.7. The molecule has 0 saturated heterocycles. The van der Waals surface area contributed by atoms with Gasteiger partial charge in [0.2, 0.25) is 0 Å². The van der Waals surface area contributed by atoms with Gasteiger partial charge in [0.25, 0.3) is 0 Å². The second-order valence-corrected chi connectivity index (χ2v) is 23.8. The molecule has 0 amide bonds. The van der Waals surface area contributed by atoms with Crippen molar-refractivity contribution >= 4 is 33.7 Å². The van der Waals surface area contributed by atoms with Crippen LogP contribution in [0.5, 0.6) is 0 Å². The summed E-state index contributed by atoms with van der Waals surface area (Å²) in [4.78, 5) is 4.72. The van der Waals surface area contributed by atoms with Crippen molar-refractivity contribution in [3.63, 3.8) is 0 Å². The molecule has 0 spiro atoms. The topological polar surface area (TPSA) is 23.5 Å². The van der Waals surface area contributed by atoms with E-state index in [1.165, 1.54) is 67.2 Å². The third kappa shape index (κ3) is 8.07. The van der Waals surface area contributed by atoms with Gasteiger partial charge in [0.05, 0.1) is 0 Å². The summed E-state index contributed by atoms with van der Waals surface area (Å²) in [6.45, 7) is 8.06. The van der Waals surface area contributed by atoms with Crippen LogP contribution in [0.15, 0.2) is 52.3 Å². The van der Waals surface area contributed by atoms with E-state index in [-0.39, 0.29) is 6.61 Å². The summed E-state index contributed by atoms with van der Waals surface area (Å²) >= 11 is -0.664. The summed E-state index contributed by atoms with van der Waals surface area (Å²) in [6.07, 6.45) is 7.98. The molecule has 2 aromatic carbocycles. The Morgan fingerprint density at radius 1 is 0.781 bits per heavy atom. The molecule has 0 aliphatic carbocycles. The van der Waals surface area contributed by atoms with Gasteiger partial charge in [-0.25, -0.2) is 0 Å². The van der Waals surface area contributed by atoms with Crippen LogP contribution in [0.1, 0.15) is 70.4 Å². The van der Waals surface area contributed by atoms with Gasteiger partial charge in [0.1, 0.15) is 0 Å². The maximum atomic E-state index is 10.3. The molecule has 0 aliphatic rings. The molecule has 0 unspecified atom stereocenters. The molecule has 178 valence electrons. The molecule has 0 radical (unpaired) electrons. The van der Waals surface area contributed by atoms with Crippen LogP contribution in [-0.4, -0.2) is 42.5 Å². The molecule has 0 aromatic heterocycles. The first-order valence-corrected chi connectivity index (χ1v) is 20.9. The fourth-order valence-corrected chi connectivity index (χ4v) is 21.8. The number of hydrogen-bond acceptors (Lipinski definition) is 3. The molecule has 0 saturated carbocycles. The molecule has 1 N–H and O–H groups in total. The van der Waals surface area contributed by atoms with Crippen LogP contribution in [0.4, 0.5) is 0 Å². The molecule has 2 rings (SSSR count). The third-order valence-corrected chi connectivity index (χ3v) is 23.4. The average molecular weight is 562 g/mol. The van der Waals surface area contributed by atoms with E-state index in [0.717, 1.165) is 12.1 Å². The zero-order valence-corrected chi connectivity index (χ0v) is 24.8.